The summed E-state index contributed by atoms with van der Waals surface area (Å²) in [6.07, 6.45) is 4.30. The molecule has 214 valence electrons. The predicted molar refractivity (Wildman–Crippen MR) is 161 cm³/mol. The predicted octanol–water partition coefficient (Wildman–Crippen LogP) is 4.65. The van der Waals surface area contributed by atoms with E-state index in [1.54, 1.807) is 53.1 Å². The molecule has 2 heterocycles. The summed E-state index contributed by atoms with van der Waals surface area (Å²) in [6.45, 7) is 0.399. The summed E-state index contributed by atoms with van der Waals surface area (Å²) < 4.78 is 33.1. The van der Waals surface area contributed by atoms with Crippen molar-refractivity contribution in [2.45, 2.75) is 19.1 Å². The third kappa shape index (κ3) is 7.54. The van der Waals surface area contributed by atoms with Gasteiger partial charge in [-0.2, -0.15) is 0 Å². The van der Waals surface area contributed by atoms with Gasteiger partial charge in [0, 0.05) is 23.8 Å². The topological polar surface area (TPSA) is 119 Å². The van der Waals surface area contributed by atoms with Gasteiger partial charge < -0.3 is 14.5 Å². The maximum atomic E-state index is 13.2. The molecule has 1 atom stereocenters. The molecule has 42 heavy (non-hydrogen) atoms. The average Bonchev–Trinajstić information content (AvgIpc) is 3.40. The molecule has 0 bridgehead atoms. The van der Waals surface area contributed by atoms with Crippen molar-refractivity contribution in [1.29, 1.82) is 0 Å². The van der Waals surface area contributed by atoms with Crippen molar-refractivity contribution < 1.29 is 22.7 Å². The SMILES string of the molecule is CS(=O)(=O)NC(=O)C(Cc1ccc(OCc2ccccc2)cc1)NC(=O)c1cn2cc(-c3ccc(Cl)cc3)ccc2n1. The van der Waals surface area contributed by atoms with E-state index in [0.717, 1.165) is 22.9 Å². The first-order chi connectivity index (χ1) is 20.1. The number of fused-ring (bicyclic) bond motifs is 1. The monoisotopic (exact) mass is 602 g/mol. The number of carbonyl (C=O) groups excluding carboxylic acids is 2. The van der Waals surface area contributed by atoms with Crippen LogP contribution in [0.5, 0.6) is 5.75 Å². The van der Waals surface area contributed by atoms with Crippen LogP contribution in [0.15, 0.2) is 103 Å². The highest BCUT2D eigenvalue weighted by molar-refractivity contribution is 7.89. The number of imidazole rings is 1. The first-order valence-electron chi connectivity index (χ1n) is 13.0. The summed E-state index contributed by atoms with van der Waals surface area (Å²) in [5.41, 5.74) is 4.15. The van der Waals surface area contributed by atoms with E-state index in [4.69, 9.17) is 16.3 Å². The minimum Gasteiger partial charge on any atom is -0.489 e. The molecule has 0 aliphatic heterocycles. The summed E-state index contributed by atoms with van der Waals surface area (Å²) in [7, 11) is -3.85. The van der Waals surface area contributed by atoms with Crippen molar-refractivity contribution in [3.05, 3.63) is 125 Å². The first kappa shape index (κ1) is 28.8. The molecule has 2 amide bonds. The molecule has 0 spiro atoms. The lowest BCUT2D eigenvalue weighted by atomic mass is 10.1. The lowest BCUT2D eigenvalue weighted by molar-refractivity contribution is -0.121. The van der Waals surface area contributed by atoms with Crippen molar-refractivity contribution >= 4 is 39.1 Å². The Morgan fingerprint density at radius 2 is 1.57 bits per heavy atom. The van der Waals surface area contributed by atoms with Gasteiger partial charge in [0.1, 0.15) is 29.7 Å². The van der Waals surface area contributed by atoms with Gasteiger partial charge in [0.2, 0.25) is 10.0 Å². The molecule has 2 aromatic heterocycles. The molecular formula is C31H27ClN4O5S. The van der Waals surface area contributed by atoms with Crippen molar-refractivity contribution in [1.82, 2.24) is 19.4 Å². The lowest BCUT2D eigenvalue weighted by Crippen LogP contribution is -2.49. The number of nitrogens with zero attached hydrogens (tertiary/aromatic N) is 2. The van der Waals surface area contributed by atoms with Gasteiger partial charge in [-0.05, 0) is 58.7 Å². The molecule has 2 N–H and O–H groups in total. The standard InChI is InChI=1S/C31H27ClN4O5S/c1-42(39,40)35-31(38)27(17-21-7-14-26(15-8-21)41-20-22-5-3-2-4-6-22)34-30(37)28-19-36-18-24(11-16-29(36)33-28)23-9-12-25(32)13-10-23/h2-16,18-19,27H,17,20H2,1H3,(H,34,37)(H,35,38). The Morgan fingerprint density at radius 3 is 2.26 bits per heavy atom. The van der Waals surface area contributed by atoms with E-state index in [-0.39, 0.29) is 12.1 Å². The van der Waals surface area contributed by atoms with Crippen LogP contribution in [0.4, 0.5) is 0 Å². The Labute approximate surface area is 248 Å². The summed E-state index contributed by atoms with van der Waals surface area (Å²) in [6, 6.07) is 26.6. The highest BCUT2D eigenvalue weighted by Gasteiger charge is 2.25. The van der Waals surface area contributed by atoms with Gasteiger partial charge >= 0.3 is 0 Å². The Bertz CT molecular complexity index is 1820. The Hall–Kier alpha value is -4.67. The molecule has 0 fully saturated rings. The number of carbonyl (C=O) groups is 2. The fourth-order valence-corrected chi connectivity index (χ4v) is 4.94. The van der Waals surface area contributed by atoms with Crippen LogP contribution in [-0.4, -0.2) is 41.9 Å². The van der Waals surface area contributed by atoms with E-state index in [0.29, 0.717) is 28.6 Å². The van der Waals surface area contributed by atoms with Crippen molar-refractivity contribution in [2.75, 3.05) is 6.26 Å². The average molecular weight is 603 g/mol. The third-order valence-corrected chi connectivity index (χ3v) is 7.20. The van der Waals surface area contributed by atoms with Gasteiger partial charge in [0.15, 0.2) is 0 Å². The lowest BCUT2D eigenvalue weighted by Gasteiger charge is -2.18. The van der Waals surface area contributed by atoms with E-state index in [1.807, 2.05) is 59.4 Å². The van der Waals surface area contributed by atoms with Gasteiger partial charge in [-0.3, -0.25) is 14.3 Å². The number of sulfonamides is 1. The molecule has 9 nitrogen and oxygen atoms in total. The van der Waals surface area contributed by atoms with Crippen LogP contribution >= 0.6 is 11.6 Å². The number of halogens is 1. The zero-order valence-corrected chi connectivity index (χ0v) is 24.1. The van der Waals surface area contributed by atoms with Crippen LogP contribution in [0.2, 0.25) is 5.02 Å². The number of benzene rings is 3. The van der Waals surface area contributed by atoms with Gasteiger partial charge in [-0.15, -0.1) is 0 Å². The zero-order chi connectivity index (χ0) is 29.7. The molecule has 0 aliphatic rings. The van der Waals surface area contributed by atoms with Crippen LogP contribution in [0, 0.1) is 0 Å². The van der Waals surface area contributed by atoms with E-state index < -0.39 is 27.9 Å². The quantitative estimate of drug-likeness (QED) is 0.240. The smallest absolute Gasteiger partial charge is 0.272 e. The summed E-state index contributed by atoms with van der Waals surface area (Å²) in [5, 5.41) is 3.27. The minimum absolute atomic E-state index is 0.0418. The first-order valence-corrected chi connectivity index (χ1v) is 15.2. The second-order valence-corrected chi connectivity index (χ2v) is 11.9. The van der Waals surface area contributed by atoms with Crippen molar-refractivity contribution in [3.63, 3.8) is 0 Å². The van der Waals surface area contributed by atoms with Crippen molar-refractivity contribution in [2.24, 2.45) is 0 Å². The fourth-order valence-electron chi connectivity index (χ4n) is 4.31. The van der Waals surface area contributed by atoms with Crippen LogP contribution < -0.4 is 14.8 Å². The molecular weight excluding hydrogens is 576 g/mol. The fraction of sp³-hybridized carbons (Fsp3) is 0.129. The number of pyridine rings is 1. The van der Waals surface area contributed by atoms with E-state index in [1.165, 1.54) is 0 Å². The highest BCUT2D eigenvalue weighted by Crippen LogP contribution is 2.22. The molecule has 0 saturated heterocycles. The number of hydrogen-bond acceptors (Lipinski definition) is 6. The Kier molecular flexibility index (Phi) is 8.56. The van der Waals surface area contributed by atoms with Gasteiger partial charge in [-0.25, -0.2) is 13.4 Å². The maximum Gasteiger partial charge on any atom is 0.272 e. The molecule has 1 unspecified atom stereocenters. The number of amides is 2. The summed E-state index contributed by atoms with van der Waals surface area (Å²) in [4.78, 5) is 30.5. The van der Waals surface area contributed by atoms with E-state index >= 15 is 0 Å². The highest BCUT2D eigenvalue weighted by atomic mass is 35.5. The molecule has 11 heteroatoms. The van der Waals surface area contributed by atoms with E-state index in [2.05, 4.69) is 10.3 Å². The third-order valence-electron chi connectivity index (χ3n) is 6.38. The van der Waals surface area contributed by atoms with Crippen LogP contribution in [-0.2, 0) is 27.8 Å². The summed E-state index contributed by atoms with van der Waals surface area (Å²) in [5.74, 6) is -0.848. The minimum atomic E-state index is -3.85. The van der Waals surface area contributed by atoms with Gasteiger partial charge in [0.05, 0.1) is 6.26 Å². The van der Waals surface area contributed by atoms with Crippen LogP contribution in [0.3, 0.4) is 0 Å². The normalized spacial score (nSPS) is 12.0. The van der Waals surface area contributed by atoms with E-state index in [9.17, 15) is 18.0 Å². The van der Waals surface area contributed by atoms with Gasteiger partial charge in [-0.1, -0.05) is 66.2 Å². The van der Waals surface area contributed by atoms with Crippen LogP contribution in [0.25, 0.3) is 16.8 Å². The summed E-state index contributed by atoms with van der Waals surface area (Å²) >= 11 is 6.00. The second kappa shape index (κ2) is 12.5. The Morgan fingerprint density at radius 1 is 0.881 bits per heavy atom. The number of hydrogen-bond donors (Lipinski definition) is 2. The number of rotatable bonds is 10. The number of aromatic nitrogens is 2. The number of ether oxygens (including phenoxy) is 1. The number of nitrogens with one attached hydrogen (secondary N) is 2. The van der Waals surface area contributed by atoms with Crippen LogP contribution in [0.1, 0.15) is 21.6 Å². The molecule has 5 aromatic rings. The second-order valence-electron chi connectivity index (χ2n) is 9.70. The maximum absolute atomic E-state index is 13.2. The largest absolute Gasteiger partial charge is 0.489 e. The zero-order valence-electron chi connectivity index (χ0n) is 22.5. The molecule has 3 aromatic carbocycles. The molecule has 0 aliphatic carbocycles. The molecule has 0 saturated carbocycles. The molecule has 0 radical (unpaired) electrons. The molecule has 5 rings (SSSR count). The Balaban J connectivity index is 1.31. The van der Waals surface area contributed by atoms with Gasteiger partial charge in [0.25, 0.3) is 11.8 Å². The van der Waals surface area contributed by atoms with Crippen molar-refractivity contribution in [3.8, 4) is 16.9 Å².